The number of hydrogen-bond donors (Lipinski definition) is 1. The number of likely N-dealkylation sites (tertiary alicyclic amines) is 1. The minimum atomic E-state index is -0.954. The summed E-state index contributed by atoms with van der Waals surface area (Å²) in [4.78, 5) is 27.8. The number of aliphatic carboxylic acids is 1. The minimum Gasteiger partial charge on any atom is -0.481 e. The molecule has 1 N–H and O–H groups in total. The first-order valence-electron chi connectivity index (χ1n) is 7.19. The number of aryl methyl sites for hydroxylation is 2. The number of carboxylic acid groups (broad SMARTS) is 1. The summed E-state index contributed by atoms with van der Waals surface area (Å²) in [6, 6.07) is 1.99. The van der Waals surface area contributed by atoms with E-state index >= 15 is 0 Å². The van der Waals surface area contributed by atoms with Gasteiger partial charge in [-0.2, -0.15) is 0 Å². The Kier molecular flexibility index (Phi) is 3.75. The van der Waals surface area contributed by atoms with Gasteiger partial charge in [0.2, 0.25) is 0 Å². The van der Waals surface area contributed by atoms with Crippen LogP contribution in [0.15, 0.2) is 6.07 Å². The van der Waals surface area contributed by atoms with E-state index in [2.05, 4.69) is 0 Å². The molecule has 0 aromatic carbocycles. The van der Waals surface area contributed by atoms with Crippen LogP contribution in [-0.4, -0.2) is 48.7 Å². The molecule has 1 aromatic rings. The molecule has 1 unspecified atom stereocenters. The summed E-state index contributed by atoms with van der Waals surface area (Å²) in [5, 5.41) is 9.45. The van der Waals surface area contributed by atoms with Gasteiger partial charge in [0.25, 0.3) is 5.91 Å². The summed E-state index contributed by atoms with van der Waals surface area (Å²) >= 11 is 1.57. The van der Waals surface area contributed by atoms with E-state index in [-0.39, 0.29) is 19.1 Å². The summed E-state index contributed by atoms with van der Waals surface area (Å²) in [6.45, 7) is 0.863. The van der Waals surface area contributed by atoms with Crippen molar-refractivity contribution in [3.63, 3.8) is 0 Å². The molecule has 6 heteroatoms. The van der Waals surface area contributed by atoms with Gasteiger partial charge in [0, 0.05) is 25.1 Å². The number of amides is 1. The number of fused-ring (bicyclic) bond motifs is 1. The lowest BCUT2D eigenvalue weighted by Gasteiger charge is -2.23. The summed E-state index contributed by atoms with van der Waals surface area (Å²) < 4.78 is 5.06. The summed E-state index contributed by atoms with van der Waals surface area (Å²) in [5.41, 5.74) is 0.341. The average Bonchev–Trinajstić information content (AvgIpc) is 3.12. The van der Waals surface area contributed by atoms with Gasteiger partial charge in [-0.3, -0.25) is 9.59 Å². The molecule has 2 heterocycles. The van der Waals surface area contributed by atoms with Crippen LogP contribution in [0.5, 0.6) is 0 Å². The second kappa shape index (κ2) is 5.42. The highest BCUT2D eigenvalue weighted by Gasteiger charge is 2.46. The van der Waals surface area contributed by atoms with Crippen molar-refractivity contribution in [1.29, 1.82) is 0 Å². The molecule has 114 valence electrons. The molecule has 5 nitrogen and oxygen atoms in total. The molecule has 3 rings (SSSR count). The van der Waals surface area contributed by atoms with Gasteiger partial charge in [0.1, 0.15) is 5.41 Å². The highest BCUT2D eigenvalue weighted by atomic mass is 32.1. The molecule has 1 aliphatic heterocycles. The Morgan fingerprint density at radius 2 is 2.29 bits per heavy atom. The van der Waals surface area contributed by atoms with Crippen molar-refractivity contribution in [2.45, 2.75) is 25.7 Å². The van der Waals surface area contributed by atoms with Crippen molar-refractivity contribution in [1.82, 2.24) is 4.90 Å². The Morgan fingerprint density at radius 3 is 2.95 bits per heavy atom. The quantitative estimate of drug-likeness (QED) is 0.921. The van der Waals surface area contributed by atoms with Crippen LogP contribution in [0.1, 0.15) is 33.0 Å². The Labute approximate surface area is 127 Å². The summed E-state index contributed by atoms with van der Waals surface area (Å²) in [6.07, 6.45) is 3.75. The fraction of sp³-hybridized carbons (Fsp3) is 0.600. The van der Waals surface area contributed by atoms with E-state index in [9.17, 15) is 14.7 Å². The predicted molar refractivity (Wildman–Crippen MR) is 78.8 cm³/mol. The van der Waals surface area contributed by atoms with Gasteiger partial charge in [-0.15, -0.1) is 11.3 Å². The number of thiophene rings is 1. The van der Waals surface area contributed by atoms with E-state index in [1.807, 2.05) is 6.07 Å². The van der Waals surface area contributed by atoms with Gasteiger partial charge in [-0.05, 0) is 37.3 Å². The van der Waals surface area contributed by atoms with Gasteiger partial charge < -0.3 is 14.7 Å². The molecule has 0 saturated carbocycles. The van der Waals surface area contributed by atoms with E-state index in [0.717, 1.165) is 17.7 Å². The van der Waals surface area contributed by atoms with Crippen molar-refractivity contribution in [3.05, 3.63) is 21.4 Å². The molecule has 21 heavy (non-hydrogen) atoms. The largest absolute Gasteiger partial charge is 0.481 e. The number of rotatable bonds is 4. The molecule has 1 fully saturated rings. The van der Waals surface area contributed by atoms with Crippen LogP contribution in [0.2, 0.25) is 0 Å². The van der Waals surface area contributed by atoms with Crippen LogP contribution in [0.25, 0.3) is 0 Å². The van der Waals surface area contributed by atoms with Crippen LogP contribution in [0.4, 0.5) is 0 Å². The normalized spacial score (nSPS) is 24.3. The monoisotopic (exact) mass is 309 g/mol. The van der Waals surface area contributed by atoms with Crippen molar-refractivity contribution in [2.75, 3.05) is 26.8 Å². The van der Waals surface area contributed by atoms with E-state index in [4.69, 9.17) is 4.74 Å². The predicted octanol–water partition coefficient (Wildman–Crippen LogP) is 1.80. The topological polar surface area (TPSA) is 66.8 Å². The zero-order valence-electron chi connectivity index (χ0n) is 12.1. The molecular formula is C15H19NO4S. The maximum absolute atomic E-state index is 12.6. The molecule has 1 saturated heterocycles. The standard InChI is InChI=1S/C15H19NO4S/c1-20-9-15(14(18)19)5-6-16(8-15)13(17)12-7-10-3-2-4-11(10)21-12/h7H,2-6,8-9H2,1H3,(H,18,19). The Hall–Kier alpha value is -1.40. The number of methoxy groups -OCH3 is 1. The van der Waals surface area contributed by atoms with E-state index in [1.54, 1.807) is 16.2 Å². The number of carboxylic acids is 1. The first kappa shape index (κ1) is 14.5. The fourth-order valence-corrected chi connectivity index (χ4v) is 4.49. The van der Waals surface area contributed by atoms with Crippen molar-refractivity contribution < 1.29 is 19.4 Å². The zero-order valence-corrected chi connectivity index (χ0v) is 12.9. The molecular weight excluding hydrogens is 290 g/mol. The van der Waals surface area contributed by atoms with Crippen LogP contribution in [-0.2, 0) is 22.4 Å². The maximum Gasteiger partial charge on any atom is 0.313 e. The molecule has 0 spiro atoms. The second-order valence-corrected chi connectivity index (χ2v) is 7.04. The zero-order chi connectivity index (χ0) is 15.0. The number of ether oxygens (including phenoxy) is 1. The fourth-order valence-electron chi connectivity index (χ4n) is 3.27. The lowest BCUT2D eigenvalue weighted by molar-refractivity contribution is -0.151. The van der Waals surface area contributed by atoms with Gasteiger partial charge in [0.15, 0.2) is 0 Å². The molecule has 1 amide bonds. The number of nitrogens with zero attached hydrogens (tertiary/aromatic N) is 1. The number of carbonyl (C=O) groups is 2. The highest BCUT2D eigenvalue weighted by Crippen LogP contribution is 2.35. The Morgan fingerprint density at radius 1 is 1.48 bits per heavy atom. The Balaban J connectivity index is 1.75. The second-order valence-electron chi connectivity index (χ2n) is 5.91. The third kappa shape index (κ3) is 2.46. The highest BCUT2D eigenvalue weighted by molar-refractivity contribution is 7.14. The van der Waals surface area contributed by atoms with Gasteiger partial charge >= 0.3 is 5.97 Å². The van der Waals surface area contributed by atoms with Crippen LogP contribution in [0, 0.1) is 5.41 Å². The first-order chi connectivity index (χ1) is 10.1. The molecule has 0 bridgehead atoms. The lowest BCUT2D eigenvalue weighted by atomic mass is 9.88. The van der Waals surface area contributed by atoms with Crippen LogP contribution < -0.4 is 0 Å². The average molecular weight is 309 g/mol. The maximum atomic E-state index is 12.6. The summed E-state index contributed by atoms with van der Waals surface area (Å²) in [7, 11) is 1.50. The summed E-state index contributed by atoms with van der Waals surface area (Å²) in [5.74, 6) is -0.915. The van der Waals surface area contributed by atoms with E-state index in [1.165, 1.54) is 24.0 Å². The van der Waals surface area contributed by atoms with Gasteiger partial charge in [0.05, 0.1) is 11.5 Å². The Bertz CT molecular complexity index is 561. The van der Waals surface area contributed by atoms with E-state index < -0.39 is 11.4 Å². The number of carbonyl (C=O) groups excluding carboxylic acids is 1. The lowest BCUT2D eigenvalue weighted by Crippen LogP contribution is -2.40. The SMILES string of the molecule is COCC1(C(=O)O)CCN(C(=O)c2cc3c(s2)CCC3)C1. The molecule has 1 aromatic heterocycles. The minimum absolute atomic E-state index is 0.0337. The van der Waals surface area contributed by atoms with Gasteiger partial charge in [-0.25, -0.2) is 0 Å². The first-order valence-corrected chi connectivity index (χ1v) is 8.00. The van der Waals surface area contributed by atoms with Crippen LogP contribution in [0.3, 0.4) is 0 Å². The molecule has 0 radical (unpaired) electrons. The smallest absolute Gasteiger partial charge is 0.313 e. The third-order valence-corrected chi connectivity index (χ3v) is 5.70. The molecule has 1 aliphatic carbocycles. The number of hydrogen-bond acceptors (Lipinski definition) is 4. The molecule has 2 aliphatic rings. The molecule has 1 atom stereocenters. The van der Waals surface area contributed by atoms with Gasteiger partial charge in [-0.1, -0.05) is 0 Å². The van der Waals surface area contributed by atoms with Crippen molar-refractivity contribution in [3.8, 4) is 0 Å². The third-order valence-electron chi connectivity index (χ3n) is 4.47. The van der Waals surface area contributed by atoms with Crippen LogP contribution >= 0.6 is 11.3 Å². The van der Waals surface area contributed by atoms with Crippen molar-refractivity contribution in [2.24, 2.45) is 5.41 Å². The van der Waals surface area contributed by atoms with E-state index in [0.29, 0.717) is 13.0 Å². The van der Waals surface area contributed by atoms with Crippen molar-refractivity contribution >= 4 is 23.2 Å².